The summed E-state index contributed by atoms with van der Waals surface area (Å²) in [7, 11) is 0. The molecule has 2 rings (SSSR count). The number of benzene rings is 2. The summed E-state index contributed by atoms with van der Waals surface area (Å²) in [5.41, 5.74) is 1.15. The molecule has 0 aliphatic heterocycles. The minimum atomic E-state index is -0.409. The standard InChI is InChI=1S/C15H13NO3/c1-11(17)16-13-7-9-14(10-8-13)19-15(18)12-5-3-2-4-6-12/h2-10H,1H3,(H,16,17). The fourth-order valence-corrected chi connectivity index (χ4v) is 1.55. The van der Waals surface area contributed by atoms with Crippen LogP contribution in [-0.4, -0.2) is 11.9 Å². The van der Waals surface area contributed by atoms with Crippen LogP contribution in [-0.2, 0) is 4.79 Å². The van der Waals surface area contributed by atoms with E-state index < -0.39 is 5.97 Å². The first kappa shape index (κ1) is 12.8. The maximum atomic E-state index is 11.8. The van der Waals surface area contributed by atoms with Gasteiger partial charge >= 0.3 is 5.97 Å². The zero-order chi connectivity index (χ0) is 13.7. The van der Waals surface area contributed by atoms with Crippen LogP contribution >= 0.6 is 0 Å². The summed E-state index contributed by atoms with van der Waals surface area (Å²) in [5.74, 6) is -0.120. The molecular weight excluding hydrogens is 242 g/mol. The van der Waals surface area contributed by atoms with Crippen LogP contribution in [0.5, 0.6) is 5.75 Å². The van der Waals surface area contributed by atoms with Crippen LogP contribution in [0.3, 0.4) is 0 Å². The Labute approximate surface area is 111 Å². The molecule has 0 aromatic heterocycles. The Kier molecular flexibility index (Phi) is 3.93. The summed E-state index contributed by atoms with van der Waals surface area (Å²) in [6, 6.07) is 15.4. The van der Waals surface area contributed by atoms with Gasteiger partial charge in [0.1, 0.15) is 5.75 Å². The molecule has 0 saturated carbocycles. The monoisotopic (exact) mass is 255 g/mol. The van der Waals surface area contributed by atoms with Gasteiger partial charge in [0.2, 0.25) is 5.91 Å². The van der Waals surface area contributed by atoms with Crippen LogP contribution in [0.1, 0.15) is 17.3 Å². The Hall–Kier alpha value is -2.62. The summed E-state index contributed by atoms with van der Waals surface area (Å²) >= 11 is 0. The number of nitrogens with one attached hydrogen (secondary N) is 1. The van der Waals surface area contributed by atoms with E-state index in [1.807, 2.05) is 6.07 Å². The van der Waals surface area contributed by atoms with Gasteiger partial charge in [-0.05, 0) is 36.4 Å². The largest absolute Gasteiger partial charge is 0.423 e. The summed E-state index contributed by atoms with van der Waals surface area (Å²) in [4.78, 5) is 22.6. The predicted octanol–water partition coefficient (Wildman–Crippen LogP) is 2.86. The molecule has 0 heterocycles. The maximum Gasteiger partial charge on any atom is 0.343 e. The highest BCUT2D eigenvalue weighted by atomic mass is 16.5. The molecule has 2 aromatic carbocycles. The molecule has 4 heteroatoms. The number of anilines is 1. The molecule has 0 radical (unpaired) electrons. The lowest BCUT2D eigenvalue weighted by molar-refractivity contribution is -0.114. The lowest BCUT2D eigenvalue weighted by Crippen LogP contribution is -2.08. The lowest BCUT2D eigenvalue weighted by Gasteiger charge is -2.06. The number of ether oxygens (including phenoxy) is 1. The summed E-state index contributed by atoms with van der Waals surface area (Å²) < 4.78 is 5.21. The van der Waals surface area contributed by atoms with Gasteiger partial charge in [0.25, 0.3) is 0 Å². The summed E-state index contributed by atoms with van der Waals surface area (Å²) in [6.07, 6.45) is 0. The second kappa shape index (κ2) is 5.82. The minimum absolute atomic E-state index is 0.144. The number of amides is 1. The minimum Gasteiger partial charge on any atom is -0.423 e. The van der Waals surface area contributed by atoms with Crippen LogP contribution in [0.15, 0.2) is 54.6 Å². The van der Waals surface area contributed by atoms with Crippen LogP contribution in [0.25, 0.3) is 0 Å². The van der Waals surface area contributed by atoms with Gasteiger partial charge in [-0.1, -0.05) is 18.2 Å². The van der Waals surface area contributed by atoms with Crippen molar-refractivity contribution in [3.63, 3.8) is 0 Å². The van der Waals surface area contributed by atoms with E-state index >= 15 is 0 Å². The van der Waals surface area contributed by atoms with Crippen molar-refractivity contribution in [2.24, 2.45) is 0 Å². The van der Waals surface area contributed by atoms with Crippen LogP contribution in [0.4, 0.5) is 5.69 Å². The molecule has 0 fully saturated rings. The van der Waals surface area contributed by atoms with Gasteiger partial charge in [-0.3, -0.25) is 4.79 Å². The van der Waals surface area contributed by atoms with E-state index in [-0.39, 0.29) is 5.91 Å². The highest BCUT2D eigenvalue weighted by molar-refractivity contribution is 5.91. The third-order valence-corrected chi connectivity index (χ3v) is 2.39. The maximum absolute atomic E-state index is 11.8. The third kappa shape index (κ3) is 3.67. The van der Waals surface area contributed by atoms with E-state index in [1.165, 1.54) is 6.92 Å². The Bertz CT molecular complexity index is 576. The van der Waals surface area contributed by atoms with Crippen molar-refractivity contribution in [2.75, 3.05) is 5.32 Å². The molecule has 0 atom stereocenters. The number of esters is 1. The van der Waals surface area contributed by atoms with Crippen molar-refractivity contribution in [2.45, 2.75) is 6.92 Å². The second-order valence-corrected chi connectivity index (χ2v) is 3.96. The van der Waals surface area contributed by atoms with Gasteiger partial charge in [0, 0.05) is 12.6 Å². The van der Waals surface area contributed by atoms with Crippen molar-refractivity contribution in [3.05, 3.63) is 60.2 Å². The SMILES string of the molecule is CC(=O)Nc1ccc(OC(=O)c2ccccc2)cc1. The van der Waals surface area contributed by atoms with Gasteiger partial charge in [-0.15, -0.1) is 0 Å². The second-order valence-electron chi connectivity index (χ2n) is 3.96. The van der Waals surface area contributed by atoms with Crippen LogP contribution < -0.4 is 10.1 Å². The fourth-order valence-electron chi connectivity index (χ4n) is 1.55. The highest BCUT2D eigenvalue weighted by Gasteiger charge is 2.07. The van der Waals surface area contributed by atoms with E-state index in [0.29, 0.717) is 17.0 Å². The normalized spacial score (nSPS) is 9.74. The van der Waals surface area contributed by atoms with Gasteiger partial charge in [-0.2, -0.15) is 0 Å². The summed E-state index contributed by atoms with van der Waals surface area (Å²) in [5, 5.41) is 2.64. The number of rotatable bonds is 3. The molecule has 1 amide bonds. The van der Waals surface area contributed by atoms with Gasteiger partial charge in [-0.25, -0.2) is 4.79 Å². The van der Waals surface area contributed by atoms with Gasteiger partial charge < -0.3 is 10.1 Å². The Morgan fingerprint density at radius 1 is 0.947 bits per heavy atom. The fraction of sp³-hybridized carbons (Fsp3) is 0.0667. The van der Waals surface area contributed by atoms with E-state index in [9.17, 15) is 9.59 Å². The van der Waals surface area contributed by atoms with Crippen LogP contribution in [0.2, 0.25) is 0 Å². The molecule has 0 aliphatic carbocycles. The molecule has 0 unspecified atom stereocenters. The quantitative estimate of drug-likeness (QED) is 0.677. The Morgan fingerprint density at radius 3 is 2.16 bits per heavy atom. The number of carbonyl (C=O) groups excluding carboxylic acids is 2. The summed E-state index contributed by atoms with van der Waals surface area (Å²) in [6.45, 7) is 1.43. The predicted molar refractivity (Wildman–Crippen MR) is 72.1 cm³/mol. The molecule has 4 nitrogen and oxygen atoms in total. The van der Waals surface area contributed by atoms with Crippen molar-refractivity contribution in [3.8, 4) is 5.75 Å². The molecule has 96 valence electrons. The number of carbonyl (C=O) groups is 2. The van der Waals surface area contributed by atoms with Crippen molar-refractivity contribution >= 4 is 17.6 Å². The lowest BCUT2D eigenvalue weighted by atomic mass is 10.2. The molecule has 0 aliphatic rings. The van der Waals surface area contributed by atoms with E-state index in [0.717, 1.165) is 0 Å². The molecule has 0 saturated heterocycles. The first-order valence-electron chi connectivity index (χ1n) is 5.80. The van der Waals surface area contributed by atoms with E-state index in [2.05, 4.69) is 5.32 Å². The topological polar surface area (TPSA) is 55.4 Å². The molecule has 19 heavy (non-hydrogen) atoms. The Morgan fingerprint density at radius 2 is 1.58 bits per heavy atom. The van der Waals surface area contributed by atoms with Gasteiger partial charge in [0.15, 0.2) is 0 Å². The molecular formula is C15H13NO3. The zero-order valence-corrected chi connectivity index (χ0v) is 10.4. The number of hydrogen-bond donors (Lipinski definition) is 1. The molecule has 0 spiro atoms. The number of hydrogen-bond acceptors (Lipinski definition) is 3. The van der Waals surface area contributed by atoms with Gasteiger partial charge in [0.05, 0.1) is 5.56 Å². The molecule has 0 bridgehead atoms. The Balaban J connectivity index is 2.04. The van der Waals surface area contributed by atoms with Crippen molar-refractivity contribution < 1.29 is 14.3 Å². The average Bonchev–Trinajstić information content (AvgIpc) is 2.41. The van der Waals surface area contributed by atoms with Crippen molar-refractivity contribution in [1.82, 2.24) is 0 Å². The zero-order valence-electron chi connectivity index (χ0n) is 10.4. The average molecular weight is 255 g/mol. The highest BCUT2D eigenvalue weighted by Crippen LogP contribution is 2.17. The molecule has 1 N–H and O–H groups in total. The first-order chi connectivity index (χ1) is 9.15. The third-order valence-electron chi connectivity index (χ3n) is 2.39. The molecule has 2 aromatic rings. The van der Waals surface area contributed by atoms with E-state index in [1.54, 1.807) is 48.5 Å². The van der Waals surface area contributed by atoms with Crippen LogP contribution in [0, 0.1) is 0 Å². The first-order valence-corrected chi connectivity index (χ1v) is 5.80. The van der Waals surface area contributed by atoms with Crippen molar-refractivity contribution in [1.29, 1.82) is 0 Å². The van der Waals surface area contributed by atoms with E-state index in [4.69, 9.17) is 4.74 Å². The smallest absolute Gasteiger partial charge is 0.343 e.